The molecule has 1 aliphatic heterocycles. The number of carbonyl (C=O) groups is 2. The average Bonchev–Trinajstić information content (AvgIpc) is 2.58. The number of halogens is 1. The second-order valence-electron chi connectivity index (χ2n) is 5.40. The number of hydrogen-bond donors (Lipinski definition) is 2. The first-order valence-corrected chi connectivity index (χ1v) is 6.83. The maximum atomic E-state index is 13.1. The van der Waals surface area contributed by atoms with Crippen LogP contribution in [0.4, 0.5) is 4.39 Å². The van der Waals surface area contributed by atoms with E-state index in [1.165, 1.54) is 12.1 Å². The molecule has 1 aromatic carbocycles. The number of nitrogens with one attached hydrogen (secondary N) is 2. The van der Waals surface area contributed by atoms with Crippen molar-refractivity contribution in [1.82, 2.24) is 10.6 Å². The Morgan fingerprint density at radius 2 is 2.25 bits per heavy atom. The average molecular weight is 278 g/mol. The second kappa shape index (κ2) is 6.03. The van der Waals surface area contributed by atoms with Crippen molar-refractivity contribution in [2.24, 2.45) is 0 Å². The lowest BCUT2D eigenvalue weighted by molar-refractivity contribution is -0.132. The van der Waals surface area contributed by atoms with Crippen LogP contribution in [0.3, 0.4) is 0 Å². The minimum atomic E-state index is -0.874. The van der Waals surface area contributed by atoms with Crippen molar-refractivity contribution in [3.05, 3.63) is 35.6 Å². The standard InChI is InChI=1S/C15H19FN2O2/c1-15(8-3-2-7-13(19)18-15)14(20)17-10-11-5-4-6-12(16)9-11/h4-6,9H,2-3,7-8,10H2,1H3,(H,17,20)(H,18,19). The first-order chi connectivity index (χ1) is 9.49. The van der Waals surface area contributed by atoms with E-state index in [-0.39, 0.29) is 24.2 Å². The van der Waals surface area contributed by atoms with Gasteiger partial charge in [-0.25, -0.2) is 4.39 Å². The molecule has 2 amide bonds. The van der Waals surface area contributed by atoms with E-state index in [0.717, 1.165) is 12.8 Å². The van der Waals surface area contributed by atoms with Crippen LogP contribution < -0.4 is 10.6 Å². The second-order valence-corrected chi connectivity index (χ2v) is 5.40. The zero-order valence-corrected chi connectivity index (χ0v) is 11.5. The van der Waals surface area contributed by atoms with Gasteiger partial charge in [-0.15, -0.1) is 0 Å². The predicted molar refractivity (Wildman–Crippen MR) is 73.3 cm³/mol. The third-order valence-corrected chi connectivity index (χ3v) is 3.59. The van der Waals surface area contributed by atoms with E-state index in [2.05, 4.69) is 10.6 Å². The van der Waals surface area contributed by atoms with Gasteiger partial charge < -0.3 is 10.6 Å². The molecule has 20 heavy (non-hydrogen) atoms. The van der Waals surface area contributed by atoms with Crippen molar-refractivity contribution in [3.63, 3.8) is 0 Å². The van der Waals surface area contributed by atoms with Crippen molar-refractivity contribution < 1.29 is 14.0 Å². The van der Waals surface area contributed by atoms with Crippen LogP contribution in [0.25, 0.3) is 0 Å². The molecule has 1 heterocycles. The zero-order chi connectivity index (χ0) is 14.6. The summed E-state index contributed by atoms with van der Waals surface area (Å²) in [6, 6.07) is 6.09. The van der Waals surface area contributed by atoms with Gasteiger partial charge in [0.25, 0.3) is 0 Å². The number of carbonyl (C=O) groups excluding carboxylic acids is 2. The molecule has 1 saturated heterocycles. The highest BCUT2D eigenvalue weighted by atomic mass is 19.1. The van der Waals surface area contributed by atoms with E-state index in [0.29, 0.717) is 18.4 Å². The van der Waals surface area contributed by atoms with E-state index in [1.807, 2.05) is 0 Å². The summed E-state index contributed by atoms with van der Waals surface area (Å²) >= 11 is 0. The van der Waals surface area contributed by atoms with Gasteiger partial charge in [0, 0.05) is 13.0 Å². The van der Waals surface area contributed by atoms with Crippen molar-refractivity contribution in [1.29, 1.82) is 0 Å². The SMILES string of the molecule is CC1(C(=O)NCc2cccc(F)c2)CCCCC(=O)N1. The van der Waals surface area contributed by atoms with E-state index in [1.54, 1.807) is 19.1 Å². The maximum Gasteiger partial charge on any atom is 0.245 e. The van der Waals surface area contributed by atoms with Crippen LogP contribution >= 0.6 is 0 Å². The summed E-state index contributed by atoms with van der Waals surface area (Å²) in [5.41, 5.74) is -0.178. The quantitative estimate of drug-likeness (QED) is 0.887. The van der Waals surface area contributed by atoms with Gasteiger partial charge in [-0.05, 0) is 37.5 Å². The van der Waals surface area contributed by atoms with Gasteiger partial charge in [0.15, 0.2) is 0 Å². The van der Waals surface area contributed by atoms with Crippen LogP contribution in [-0.2, 0) is 16.1 Å². The fourth-order valence-electron chi connectivity index (χ4n) is 2.39. The Morgan fingerprint density at radius 3 is 3.00 bits per heavy atom. The first-order valence-electron chi connectivity index (χ1n) is 6.83. The molecule has 108 valence electrons. The lowest BCUT2D eigenvalue weighted by atomic mass is 9.95. The van der Waals surface area contributed by atoms with E-state index in [9.17, 15) is 14.0 Å². The van der Waals surface area contributed by atoms with Crippen LogP contribution in [0.5, 0.6) is 0 Å². The Balaban J connectivity index is 1.98. The molecule has 1 aliphatic rings. The van der Waals surface area contributed by atoms with E-state index >= 15 is 0 Å². The monoisotopic (exact) mass is 278 g/mol. The largest absolute Gasteiger partial charge is 0.350 e. The normalized spacial score (nSPS) is 22.8. The molecule has 5 heteroatoms. The zero-order valence-electron chi connectivity index (χ0n) is 11.5. The molecule has 0 saturated carbocycles. The van der Waals surface area contributed by atoms with Gasteiger partial charge in [0.1, 0.15) is 11.4 Å². The molecule has 4 nitrogen and oxygen atoms in total. The van der Waals surface area contributed by atoms with Gasteiger partial charge >= 0.3 is 0 Å². The highest BCUT2D eigenvalue weighted by molar-refractivity contribution is 5.91. The number of amides is 2. The molecule has 1 fully saturated rings. The summed E-state index contributed by atoms with van der Waals surface area (Å²) in [6.07, 6.45) is 2.72. The van der Waals surface area contributed by atoms with Gasteiger partial charge in [-0.2, -0.15) is 0 Å². The molecule has 1 atom stereocenters. The fraction of sp³-hybridized carbons (Fsp3) is 0.467. The Hall–Kier alpha value is -1.91. The van der Waals surface area contributed by atoms with Crippen molar-refractivity contribution in [2.75, 3.05) is 0 Å². The van der Waals surface area contributed by atoms with Crippen LogP contribution in [0.1, 0.15) is 38.2 Å². The molecule has 0 aliphatic carbocycles. The number of benzene rings is 1. The maximum absolute atomic E-state index is 13.1. The molecule has 1 unspecified atom stereocenters. The lowest BCUT2D eigenvalue weighted by Gasteiger charge is -2.27. The third-order valence-electron chi connectivity index (χ3n) is 3.59. The van der Waals surface area contributed by atoms with E-state index < -0.39 is 5.54 Å². The van der Waals surface area contributed by atoms with Crippen LogP contribution in [0, 0.1) is 5.82 Å². The lowest BCUT2D eigenvalue weighted by Crippen LogP contribution is -2.55. The minimum Gasteiger partial charge on any atom is -0.350 e. The van der Waals surface area contributed by atoms with Gasteiger partial charge in [0.2, 0.25) is 11.8 Å². The van der Waals surface area contributed by atoms with Crippen LogP contribution in [0.2, 0.25) is 0 Å². The molecule has 0 bridgehead atoms. The molecule has 2 N–H and O–H groups in total. The number of rotatable bonds is 3. The van der Waals surface area contributed by atoms with Gasteiger partial charge in [0.05, 0.1) is 0 Å². The van der Waals surface area contributed by atoms with Crippen molar-refractivity contribution >= 4 is 11.8 Å². The number of hydrogen-bond acceptors (Lipinski definition) is 2. The molecule has 0 spiro atoms. The third kappa shape index (κ3) is 3.56. The Labute approximate surface area is 117 Å². The Morgan fingerprint density at radius 1 is 1.45 bits per heavy atom. The Bertz CT molecular complexity index is 518. The van der Waals surface area contributed by atoms with Crippen molar-refractivity contribution in [3.8, 4) is 0 Å². The summed E-state index contributed by atoms with van der Waals surface area (Å²) < 4.78 is 13.1. The predicted octanol–water partition coefficient (Wildman–Crippen LogP) is 1.89. The summed E-state index contributed by atoms with van der Waals surface area (Å²) in [7, 11) is 0. The van der Waals surface area contributed by atoms with Crippen LogP contribution in [0.15, 0.2) is 24.3 Å². The van der Waals surface area contributed by atoms with Crippen molar-refractivity contribution in [2.45, 2.75) is 44.7 Å². The summed E-state index contributed by atoms with van der Waals surface area (Å²) in [5, 5.41) is 5.54. The van der Waals surface area contributed by atoms with Gasteiger partial charge in [-0.1, -0.05) is 18.6 Å². The fourth-order valence-corrected chi connectivity index (χ4v) is 2.39. The summed E-state index contributed by atoms with van der Waals surface area (Å²) in [5.74, 6) is -0.645. The Kier molecular flexibility index (Phi) is 4.37. The summed E-state index contributed by atoms with van der Waals surface area (Å²) in [6.45, 7) is 1.99. The first kappa shape index (κ1) is 14.5. The smallest absolute Gasteiger partial charge is 0.245 e. The summed E-state index contributed by atoms with van der Waals surface area (Å²) in [4.78, 5) is 23.8. The molecular weight excluding hydrogens is 259 g/mol. The highest BCUT2D eigenvalue weighted by Gasteiger charge is 2.35. The molecular formula is C15H19FN2O2. The minimum absolute atomic E-state index is 0.0918. The topological polar surface area (TPSA) is 58.2 Å². The van der Waals surface area contributed by atoms with Crippen LogP contribution in [-0.4, -0.2) is 17.4 Å². The molecule has 2 rings (SSSR count). The highest BCUT2D eigenvalue weighted by Crippen LogP contribution is 2.19. The molecule has 0 radical (unpaired) electrons. The molecule has 1 aromatic rings. The molecule has 0 aromatic heterocycles. The van der Waals surface area contributed by atoms with E-state index in [4.69, 9.17) is 0 Å². The van der Waals surface area contributed by atoms with Gasteiger partial charge in [-0.3, -0.25) is 9.59 Å².